The molecule has 1 aromatic carbocycles. The fraction of sp³-hybridized carbons (Fsp3) is 0.519. The second-order valence-electron chi connectivity index (χ2n) is 10.2. The number of aromatic nitrogens is 2. The van der Waals surface area contributed by atoms with Crippen molar-refractivity contribution in [2.45, 2.75) is 70.8 Å². The highest BCUT2D eigenvalue weighted by Gasteiger charge is 2.44. The molecular weight excluding hydrogens is 442 g/mol. The van der Waals surface area contributed by atoms with Gasteiger partial charge in [-0.15, -0.1) is 0 Å². The SMILES string of the molecule is CC(C)CN(c1ccc(C2C[C@@H]2C(=O)O)cc1NC(=O)Cc1cnc(C#N)nc1)C1CCCCC1. The maximum absolute atomic E-state index is 13.0. The molecule has 0 spiro atoms. The Hall–Kier alpha value is -3.47. The standard InChI is InChI=1S/C27H33N5O3/c1-17(2)16-32(20-6-4-3-5-7-20)24-9-8-19(21-12-22(21)27(34)35)11-23(24)31-26(33)10-18-14-29-25(13-28)30-15-18/h8-9,11,14-15,17,20-22H,3-7,10,12,16H2,1-2H3,(H,31,33)(H,34,35)/t21?,22-/m0/s1. The van der Waals surface area contributed by atoms with E-state index < -0.39 is 5.97 Å². The molecule has 2 fully saturated rings. The first-order chi connectivity index (χ1) is 16.9. The van der Waals surface area contributed by atoms with E-state index >= 15 is 0 Å². The van der Waals surface area contributed by atoms with Gasteiger partial charge >= 0.3 is 5.97 Å². The average Bonchev–Trinajstić information content (AvgIpc) is 3.65. The fourth-order valence-corrected chi connectivity index (χ4v) is 5.08. The Balaban J connectivity index is 1.62. The van der Waals surface area contributed by atoms with E-state index in [-0.39, 0.29) is 30.0 Å². The van der Waals surface area contributed by atoms with E-state index in [0.717, 1.165) is 36.3 Å². The second-order valence-corrected chi connectivity index (χ2v) is 10.2. The van der Waals surface area contributed by atoms with Crippen molar-refractivity contribution in [1.82, 2.24) is 9.97 Å². The van der Waals surface area contributed by atoms with Gasteiger partial charge in [0.05, 0.1) is 23.7 Å². The summed E-state index contributed by atoms with van der Waals surface area (Å²) in [6.07, 6.45) is 9.66. The maximum atomic E-state index is 13.0. The van der Waals surface area contributed by atoms with Crippen molar-refractivity contribution < 1.29 is 14.7 Å². The lowest BCUT2D eigenvalue weighted by atomic mass is 9.92. The minimum Gasteiger partial charge on any atom is -0.481 e. The number of carbonyl (C=O) groups excluding carboxylic acids is 1. The third-order valence-corrected chi connectivity index (χ3v) is 6.89. The molecule has 0 saturated heterocycles. The minimum atomic E-state index is -0.769. The molecule has 8 heteroatoms. The van der Waals surface area contributed by atoms with Crippen molar-refractivity contribution in [1.29, 1.82) is 5.26 Å². The van der Waals surface area contributed by atoms with Gasteiger partial charge in [0.25, 0.3) is 0 Å². The number of amides is 1. The van der Waals surface area contributed by atoms with Crippen LogP contribution in [0.4, 0.5) is 11.4 Å². The highest BCUT2D eigenvalue weighted by Crippen LogP contribution is 2.49. The van der Waals surface area contributed by atoms with Crippen LogP contribution < -0.4 is 10.2 Å². The second kappa shape index (κ2) is 10.9. The lowest BCUT2D eigenvalue weighted by Crippen LogP contribution is -2.40. The van der Waals surface area contributed by atoms with Crippen LogP contribution in [0.2, 0.25) is 0 Å². The third-order valence-electron chi connectivity index (χ3n) is 6.89. The number of nitriles is 1. The van der Waals surface area contributed by atoms with Gasteiger partial charge in [0, 0.05) is 25.0 Å². The Morgan fingerprint density at radius 3 is 2.51 bits per heavy atom. The highest BCUT2D eigenvalue weighted by molar-refractivity contribution is 5.96. The van der Waals surface area contributed by atoms with E-state index in [1.54, 1.807) is 0 Å². The summed E-state index contributed by atoms with van der Waals surface area (Å²) in [7, 11) is 0. The van der Waals surface area contributed by atoms with E-state index in [1.807, 2.05) is 18.2 Å². The van der Waals surface area contributed by atoms with Gasteiger partial charge in [-0.2, -0.15) is 5.26 Å². The molecular formula is C27H33N5O3. The van der Waals surface area contributed by atoms with Crippen molar-refractivity contribution in [2.75, 3.05) is 16.8 Å². The van der Waals surface area contributed by atoms with E-state index in [0.29, 0.717) is 23.9 Å². The Morgan fingerprint density at radius 2 is 1.91 bits per heavy atom. The molecule has 8 nitrogen and oxygen atoms in total. The smallest absolute Gasteiger partial charge is 0.307 e. The highest BCUT2D eigenvalue weighted by atomic mass is 16.4. The van der Waals surface area contributed by atoms with Crippen molar-refractivity contribution in [3.63, 3.8) is 0 Å². The number of benzene rings is 1. The fourth-order valence-electron chi connectivity index (χ4n) is 5.08. The van der Waals surface area contributed by atoms with Gasteiger partial charge in [-0.25, -0.2) is 9.97 Å². The van der Waals surface area contributed by atoms with Gasteiger partial charge in [0.1, 0.15) is 6.07 Å². The number of carbonyl (C=O) groups is 2. The molecule has 2 aromatic rings. The molecule has 2 atom stereocenters. The summed E-state index contributed by atoms with van der Waals surface area (Å²) in [5.41, 5.74) is 3.29. The van der Waals surface area contributed by atoms with Gasteiger partial charge in [0.15, 0.2) is 0 Å². The summed E-state index contributed by atoms with van der Waals surface area (Å²) < 4.78 is 0. The number of rotatable bonds is 9. The predicted octanol–water partition coefficient (Wildman–Crippen LogP) is 4.51. The number of hydrogen-bond donors (Lipinski definition) is 2. The van der Waals surface area contributed by atoms with E-state index in [1.165, 1.54) is 31.7 Å². The van der Waals surface area contributed by atoms with Crippen molar-refractivity contribution in [2.24, 2.45) is 11.8 Å². The number of carboxylic acid groups (broad SMARTS) is 1. The van der Waals surface area contributed by atoms with Gasteiger partial charge in [-0.05, 0) is 54.4 Å². The molecule has 1 heterocycles. The van der Waals surface area contributed by atoms with Crippen LogP contribution in [0.1, 0.15) is 75.2 Å². The molecule has 1 aromatic heterocycles. The monoisotopic (exact) mass is 475 g/mol. The molecule has 35 heavy (non-hydrogen) atoms. The first-order valence-electron chi connectivity index (χ1n) is 12.5. The van der Waals surface area contributed by atoms with Crippen LogP contribution in [-0.2, 0) is 16.0 Å². The molecule has 184 valence electrons. The van der Waals surface area contributed by atoms with Crippen molar-refractivity contribution in [3.8, 4) is 6.07 Å². The molecule has 1 amide bonds. The number of hydrogen-bond acceptors (Lipinski definition) is 6. The molecule has 0 radical (unpaired) electrons. The number of anilines is 2. The predicted molar refractivity (Wildman–Crippen MR) is 133 cm³/mol. The summed E-state index contributed by atoms with van der Waals surface area (Å²) in [6, 6.07) is 8.36. The maximum Gasteiger partial charge on any atom is 0.307 e. The van der Waals surface area contributed by atoms with Crippen LogP contribution in [0, 0.1) is 23.2 Å². The van der Waals surface area contributed by atoms with Crippen LogP contribution in [0.3, 0.4) is 0 Å². The molecule has 1 unspecified atom stereocenters. The molecule has 2 N–H and O–H groups in total. The quantitative estimate of drug-likeness (QED) is 0.547. The van der Waals surface area contributed by atoms with Crippen molar-refractivity contribution >= 4 is 23.3 Å². The zero-order valence-electron chi connectivity index (χ0n) is 20.4. The minimum absolute atomic E-state index is 0.0163. The molecule has 2 aliphatic rings. The van der Waals surface area contributed by atoms with E-state index in [2.05, 4.69) is 40.1 Å². The Morgan fingerprint density at radius 1 is 1.20 bits per heavy atom. The first-order valence-corrected chi connectivity index (χ1v) is 12.5. The molecule has 2 saturated carbocycles. The lowest BCUT2D eigenvalue weighted by molar-refractivity contribution is -0.138. The Bertz CT molecular complexity index is 1100. The Kier molecular flexibility index (Phi) is 7.64. The van der Waals surface area contributed by atoms with Crippen LogP contribution in [0.25, 0.3) is 0 Å². The zero-order valence-corrected chi connectivity index (χ0v) is 20.4. The van der Waals surface area contributed by atoms with Crippen LogP contribution in [0.15, 0.2) is 30.6 Å². The van der Waals surface area contributed by atoms with Crippen LogP contribution in [-0.4, -0.2) is 39.5 Å². The lowest BCUT2D eigenvalue weighted by Gasteiger charge is -2.38. The number of nitrogens with one attached hydrogen (secondary N) is 1. The number of aliphatic carboxylic acids is 1. The number of carboxylic acids is 1. The summed E-state index contributed by atoms with van der Waals surface area (Å²) in [5, 5.41) is 21.4. The van der Waals surface area contributed by atoms with E-state index in [4.69, 9.17) is 5.26 Å². The summed E-state index contributed by atoms with van der Waals surface area (Å²) >= 11 is 0. The van der Waals surface area contributed by atoms with Gasteiger partial charge in [-0.3, -0.25) is 9.59 Å². The van der Waals surface area contributed by atoms with Crippen LogP contribution in [0.5, 0.6) is 0 Å². The average molecular weight is 476 g/mol. The van der Waals surface area contributed by atoms with Gasteiger partial charge in [0.2, 0.25) is 11.7 Å². The summed E-state index contributed by atoms with van der Waals surface area (Å²) in [6.45, 7) is 5.29. The summed E-state index contributed by atoms with van der Waals surface area (Å²) in [4.78, 5) is 34.8. The van der Waals surface area contributed by atoms with E-state index in [9.17, 15) is 14.7 Å². The molecule has 4 rings (SSSR count). The number of nitrogens with zero attached hydrogens (tertiary/aromatic N) is 4. The van der Waals surface area contributed by atoms with Gasteiger partial charge < -0.3 is 15.3 Å². The normalized spacial score (nSPS) is 19.7. The molecule has 0 bridgehead atoms. The molecule has 0 aliphatic heterocycles. The Labute approximate surface area is 206 Å². The van der Waals surface area contributed by atoms with Crippen LogP contribution >= 0.6 is 0 Å². The van der Waals surface area contributed by atoms with Crippen molar-refractivity contribution in [3.05, 3.63) is 47.5 Å². The first kappa shape index (κ1) is 24.6. The third kappa shape index (κ3) is 6.16. The zero-order chi connectivity index (χ0) is 24.9. The summed E-state index contributed by atoms with van der Waals surface area (Å²) in [5.74, 6) is -0.818. The molecule has 2 aliphatic carbocycles. The topological polar surface area (TPSA) is 119 Å². The van der Waals surface area contributed by atoms with Gasteiger partial charge in [-0.1, -0.05) is 39.2 Å². The largest absolute Gasteiger partial charge is 0.481 e.